The van der Waals surface area contributed by atoms with E-state index >= 15 is 0 Å². The third-order valence-electron chi connectivity index (χ3n) is 5.27. The molecule has 10 heteroatoms. The van der Waals surface area contributed by atoms with Crippen molar-refractivity contribution >= 4 is 11.5 Å². The summed E-state index contributed by atoms with van der Waals surface area (Å²) in [5, 5.41) is 7.38. The summed E-state index contributed by atoms with van der Waals surface area (Å²) in [5.41, 5.74) is 1.33. The van der Waals surface area contributed by atoms with Gasteiger partial charge in [0, 0.05) is 19.2 Å². The Hall–Kier alpha value is -2.72. The molecule has 2 fully saturated rings. The number of alkyl halides is 2. The molecule has 5 rings (SSSR count). The SMILES string of the molecule is FC(F)c1ccc2ncc(-c3cc(N4CCOC5CNCCC54)ncn3)n2n1. The molecule has 146 valence electrons. The van der Waals surface area contributed by atoms with E-state index in [1.807, 2.05) is 6.07 Å². The van der Waals surface area contributed by atoms with Gasteiger partial charge in [0.15, 0.2) is 5.65 Å². The average molecular weight is 387 g/mol. The second-order valence-electron chi connectivity index (χ2n) is 6.90. The van der Waals surface area contributed by atoms with Crippen molar-refractivity contribution in [3.05, 3.63) is 36.4 Å². The summed E-state index contributed by atoms with van der Waals surface area (Å²) in [6.07, 6.45) is 1.54. The third-order valence-corrected chi connectivity index (χ3v) is 5.27. The Bertz CT molecular complexity index is 993. The van der Waals surface area contributed by atoms with Crippen LogP contribution in [0.3, 0.4) is 0 Å². The maximum Gasteiger partial charge on any atom is 0.282 e. The van der Waals surface area contributed by atoms with Crippen molar-refractivity contribution in [1.29, 1.82) is 0 Å². The summed E-state index contributed by atoms with van der Waals surface area (Å²) in [5.74, 6) is 0.796. The Morgan fingerprint density at radius 3 is 3.04 bits per heavy atom. The lowest BCUT2D eigenvalue weighted by atomic mass is 10.00. The van der Waals surface area contributed by atoms with Gasteiger partial charge in [-0.1, -0.05) is 0 Å². The van der Waals surface area contributed by atoms with E-state index in [1.165, 1.54) is 23.0 Å². The first kappa shape index (κ1) is 17.4. The largest absolute Gasteiger partial charge is 0.373 e. The van der Waals surface area contributed by atoms with E-state index in [2.05, 4.69) is 30.3 Å². The van der Waals surface area contributed by atoms with Gasteiger partial charge in [-0.15, -0.1) is 0 Å². The van der Waals surface area contributed by atoms with Crippen LogP contribution in [0.2, 0.25) is 0 Å². The van der Waals surface area contributed by atoms with Crippen LogP contribution in [0.25, 0.3) is 17.0 Å². The molecule has 3 aromatic rings. The Kier molecular flexibility index (Phi) is 4.36. The van der Waals surface area contributed by atoms with Crippen LogP contribution in [-0.2, 0) is 4.74 Å². The number of hydrogen-bond acceptors (Lipinski definition) is 7. The van der Waals surface area contributed by atoms with E-state index in [-0.39, 0.29) is 17.8 Å². The molecule has 2 aliphatic heterocycles. The molecule has 0 aliphatic carbocycles. The Balaban J connectivity index is 1.52. The number of halogens is 2. The molecule has 0 radical (unpaired) electrons. The molecule has 8 nitrogen and oxygen atoms in total. The van der Waals surface area contributed by atoms with Crippen LogP contribution >= 0.6 is 0 Å². The van der Waals surface area contributed by atoms with Gasteiger partial charge in [-0.3, -0.25) is 0 Å². The van der Waals surface area contributed by atoms with Gasteiger partial charge >= 0.3 is 0 Å². The number of imidazole rings is 1. The van der Waals surface area contributed by atoms with Gasteiger partial charge in [0.25, 0.3) is 6.43 Å². The highest BCUT2D eigenvalue weighted by atomic mass is 19.3. The van der Waals surface area contributed by atoms with Crippen molar-refractivity contribution in [2.24, 2.45) is 0 Å². The summed E-state index contributed by atoms with van der Waals surface area (Å²) in [6.45, 7) is 3.15. The zero-order valence-corrected chi connectivity index (χ0v) is 15.0. The van der Waals surface area contributed by atoms with Gasteiger partial charge in [0.2, 0.25) is 0 Å². The monoisotopic (exact) mass is 387 g/mol. The number of aromatic nitrogens is 5. The van der Waals surface area contributed by atoms with Crippen LogP contribution in [0, 0.1) is 0 Å². The zero-order valence-electron chi connectivity index (χ0n) is 15.0. The molecule has 0 saturated carbocycles. The lowest BCUT2D eigenvalue weighted by Crippen LogP contribution is -2.58. The molecule has 0 bridgehead atoms. The Morgan fingerprint density at radius 1 is 1.21 bits per heavy atom. The molecule has 5 heterocycles. The highest BCUT2D eigenvalue weighted by molar-refractivity contribution is 5.62. The fourth-order valence-corrected chi connectivity index (χ4v) is 3.92. The number of ether oxygens (including phenoxy) is 1. The van der Waals surface area contributed by atoms with Crippen LogP contribution < -0.4 is 10.2 Å². The van der Waals surface area contributed by atoms with Crippen molar-refractivity contribution in [3.63, 3.8) is 0 Å². The quantitative estimate of drug-likeness (QED) is 0.733. The fraction of sp³-hybridized carbons (Fsp3) is 0.444. The molecular formula is C18H19F2N7O. The van der Waals surface area contributed by atoms with Gasteiger partial charge in [-0.05, 0) is 25.1 Å². The van der Waals surface area contributed by atoms with Crippen LogP contribution in [0.1, 0.15) is 18.5 Å². The topological polar surface area (TPSA) is 80.5 Å². The number of piperidine rings is 1. The smallest absolute Gasteiger partial charge is 0.282 e. The first-order chi connectivity index (χ1) is 13.7. The number of anilines is 1. The lowest BCUT2D eigenvalue weighted by molar-refractivity contribution is -0.000546. The normalized spacial score (nSPS) is 22.6. The molecular weight excluding hydrogens is 368 g/mol. The molecule has 0 spiro atoms. The third kappa shape index (κ3) is 2.98. The zero-order chi connectivity index (χ0) is 19.1. The van der Waals surface area contributed by atoms with Crippen molar-refractivity contribution in [2.45, 2.75) is 25.0 Å². The van der Waals surface area contributed by atoms with E-state index in [1.54, 1.807) is 6.20 Å². The summed E-state index contributed by atoms with van der Waals surface area (Å²) in [4.78, 5) is 15.3. The average Bonchev–Trinajstić information content (AvgIpc) is 3.16. The summed E-state index contributed by atoms with van der Waals surface area (Å²) < 4.78 is 33.4. The van der Waals surface area contributed by atoms with Crippen LogP contribution in [0.5, 0.6) is 0 Å². The summed E-state index contributed by atoms with van der Waals surface area (Å²) in [6, 6.07) is 4.93. The van der Waals surface area contributed by atoms with Gasteiger partial charge in [-0.2, -0.15) is 5.10 Å². The summed E-state index contributed by atoms with van der Waals surface area (Å²) >= 11 is 0. The first-order valence-corrected chi connectivity index (χ1v) is 9.25. The van der Waals surface area contributed by atoms with Crippen molar-refractivity contribution < 1.29 is 13.5 Å². The second-order valence-corrected chi connectivity index (χ2v) is 6.90. The van der Waals surface area contributed by atoms with Crippen LogP contribution in [-0.4, -0.2) is 63.0 Å². The molecule has 3 aromatic heterocycles. The standard InChI is InChI=1S/C18H19F2N7O/c19-18(20)11-1-2-16-22-8-14(27(16)25-11)12-7-17(24-10-23-12)26-5-6-28-15-9-21-4-3-13(15)26/h1-2,7-8,10,13,15,18,21H,3-6,9H2. The van der Waals surface area contributed by atoms with E-state index in [9.17, 15) is 8.78 Å². The van der Waals surface area contributed by atoms with Gasteiger partial charge < -0.3 is 15.0 Å². The minimum absolute atomic E-state index is 0.131. The first-order valence-electron chi connectivity index (χ1n) is 9.25. The number of rotatable bonds is 3. The fourth-order valence-electron chi connectivity index (χ4n) is 3.92. The molecule has 28 heavy (non-hydrogen) atoms. The summed E-state index contributed by atoms with van der Waals surface area (Å²) in [7, 11) is 0. The number of nitrogens with zero attached hydrogens (tertiary/aromatic N) is 6. The highest BCUT2D eigenvalue weighted by Gasteiger charge is 2.35. The number of morpholine rings is 1. The number of fused-ring (bicyclic) bond motifs is 2. The van der Waals surface area contributed by atoms with Crippen molar-refractivity contribution in [2.75, 3.05) is 31.1 Å². The van der Waals surface area contributed by atoms with Crippen LogP contribution in [0.4, 0.5) is 14.6 Å². The van der Waals surface area contributed by atoms with Crippen LogP contribution in [0.15, 0.2) is 30.7 Å². The van der Waals surface area contributed by atoms with Crippen molar-refractivity contribution in [1.82, 2.24) is 29.9 Å². The number of nitrogens with one attached hydrogen (secondary N) is 1. The molecule has 0 aromatic carbocycles. The van der Waals surface area contributed by atoms with E-state index in [0.717, 1.165) is 31.9 Å². The Morgan fingerprint density at radius 2 is 2.14 bits per heavy atom. The molecule has 2 saturated heterocycles. The van der Waals surface area contributed by atoms with E-state index in [4.69, 9.17) is 4.74 Å². The minimum Gasteiger partial charge on any atom is -0.373 e. The maximum absolute atomic E-state index is 13.1. The lowest BCUT2D eigenvalue weighted by Gasteiger charge is -2.44. The second kappa shape index (κ2) is 7.02. The van der Waals surface area contributed by atoms with Gasteiger partial charge in [0.1, 0.15) is 23.5 Å². The minimum atomic E-state index is -2.65. The molecule has 0 amide bonds. The van der Waals surface area contributed by atoms with Gasteiger partial charge in [-0.25, -0.2) is 28.2 Å². The van der Waals surface area contributed by atoms with Gasteiger partial charge in [0.05, 0.1) is 30.6 Å². The van der Waals surface area contributed by atoms with E-state index in [0.29, 0.717) is 23.6 Å². The van der Waals surface area contributed by atoms with E-state index < -0.39 is 6.43 Å². The molecule has 2 unspecified atom stereocenters. The van der Waals surface area contributed by atoms with Crippen molar-refractivity contribution in [3.8, 4) is 11.4 Å². The molecule has 2 atom stereocenters. The molecule has 1 N–H and O–H groups in total. The predicted molar refractivity (Wildman–Crippen MR) is 97.3 cm³/mol. The Labute approximate surface area is 159 Å². The highest BCUT2D eigenvalue weighted by Crippen LogP contribution is 2.28. The number of hydrogen-bond donors (Lipinski definition) is 1. The maximum atomic E-state index is 13.1. The predicted octanol–water partition coefficient (Wildman–Crippen LogP) is 1.69. The molecule has 2 aliphatic rings.